The molecule has 82 valence electrons. The molecule has 2 nitrogen and oxygen atoms in total. The van der Waals surface area contributed by atoms with Gasteiger partial charge in [0.2, 0.25) is 0 Å². The van der Waals surface area contributed by atoms with E-state index in [-0.39, 0.29) is 6.61 Å². The van der Waals surface area contributed by atoms with Crippen molar-refractivity contribution in [1.82, 2.24) is 0 Å². The zero-order valence-corrected chi connectivity index (χ0v) is 9.48. The predicted molar refractivity (Wildman–Crippen MR) is 63.2 cm³/mol. The third-order valence-corrected chi connectivity index (χ3v) is 3.50. The second-order valence-corrected chi connectivity index (χ2v) is 4.47. The van der Waals surface area contributed by atoms with Crippen molar-refractivity contribution in [3.8, 4) is 0 Å². The molecule has 2 atom stereocenters. The fraction of sp³-hybridized carbons (Fsp3) is 0.538. The van der Waals surface area contributed by atoms with E-state index in [4.69, 9.17) is 5.11 Å². The molecule has 1 aromatic carbocycles. The van der Waals surface area contributed by atoms with Gasteiger partial charge in [0, 0.05) is 18.3 Å². The van der Waals surface area contributed by atoms with Crippen LogP contribution < -0.4 is 4.90 Å². The average molecular weight is 205 g/mol. The lowest BCUT2D eigenvalue weighted by Crippen LogP contribution is -2.43. The number of nitrogens with zero attached hydrogens (tertiary/aromatic N) is 1. The molecular weight excluding hydrogens is 186 g/mol. The molecule has 1 aliphatic rings. The van der Waals surface area contributed by atoms with E-state index in [9.17, 15) is 0 Å². The number of hydrogen-bond donors (Lipinski definition) is 1. The van der Waals surface area contributed by atoms with Gasteiger partial charge in [-0.25, -0.2) is 0 Å². The SMILES string of the molecule is CC1Cc2ccccc2N(CCO)C1C. The molecular formula is C13H19NO. The molecule has 15 heavy (non-hydrogen) atoms. The minimum atomic E-state index is 0.228. The fourth-order valence-corrected chi connectivity index (χ4v) is 2.44. The summed E-state index contributed by atoms with van der Waals surface area (Å²) in [5.41, 5.74) is 2.72. The molecule has 0 aromatic heterocycles. The standard InChI is InChI=1S/C13H19NO/c1-10-9-12-5-3-4-6-13(12)14(7-8-15)11(10)2/h3-6,10-11,15H,7-9H2,1-2H3. The van der Waals surface area contributed by atoms with Crippen LogP contribution in [0.25, 0.3) is 0 Å². The van der Waals surface area contributed by atoms with E-state index >= 15 is 0 Å². The van der Waals surface area contributed by atoms with Crippen LogP contribution in [0.15, 0.2) is 24.3 Å². The number of aliphatic hydroxyl groups is 1. The van der Waals surface area contributed by atoms with Gasteiger partial charge in [0.1, 0.15) is 0 Å². The molecule has 0 radical (unpaired) electrons. The van der Waals surface area contributed by atoms with Crippen LogP contribution in [0.4, 0.5) is 5.69 Å². The van der Waals surface area contributed by atoms with E-state index in [0.717, 1.165) is 13.0 Å². The highest BCUT2D eigenvalue weighted by molar-refractivity contribution is 5.56. The number of para-hydroxylation sites is 1. The zero-order valence-electron chi connectivity index (χ0n) is 9.48. The average Bonchev–Trinajstić information content (AvgIpc) is 2.25. The molecule has 1 N–H and O–H groups in total. The van der Waals surface area contributed by atoms with Gasteiger partial charge < -0.3 is 10.0 Å². The molecule has 0 saturated heterocycles. The number of hydrogen-bond acceptors (Lipinski definition) is 2. The molecule has 0 fully saturated rings. The summed E-state index contributed by atoms with van der Waals surface area (Å²) in [7, 11) is 0. The van der Waals surface area contributed by atoms with Crippen LogP contribution >= 0.6 is 0 Å². The molecule has 0 amide bonds. The van der Waals surface area contributed by atoms with Crippen LogP contribution in [-0.2, 0) is 6.42 Å². The van der Waals surface area contributed by atoms with Crippen LogP contribution in [0.3, 0.4) is 0 Å². The van der Waals surface area contributed by atoms with Gasteiger partial charge in [0.05, 0.1) is 6.61 Å². The minimum Gasteiger partial charge on any atom is -0.395 e. The molecule has 0 saturated carbocycles. The number of benzene rings is 1. The monoisotopic (exact) mass is 205 g/mol. The lowest BCUT2D eigenvalue weighted by atomic mass is 9.88. The lowest BCUT2D eigenvalue weighted by molar-refractivity contribution is 0.289. The van der Waals surface area contributed by atoms with Crippen molar-refractivity contribution in [3.63, 3.8) is 0 Å². The smallest absolute Gasteiger partial charge is 0.0606 e. The number of aliphatic hydroxyl groups excluding tert-OH is 1. The van der Waals surface area contributed by atoms with Crippen molar-refractivity contribution in [2.75, 3.05) is 18.1 Å². The first-order valence-electron chi connectivity index (χ1n) is 5.69. The molecule has 1 aromatic rings. The highest BCUT2D eigenvalue weighted by atomic mass is 16.3. The van der Waals surface area contributed by atoms with Crippen LogP contribution in [-0.4, -0.2) is 24.3 Å². The molecule has 2 unspecified atom stereocenters. The van der Waals surface area contributed by atoms with Gasteiger partial charge in [-0.3, -0.25) is 0 Å². The van der Waals surface area contributed by atoms with Gasteiger partial charge >= 0.3 is 0 Å². The Balaban J connectivity index is 2.36. The van der Waals surface area contributed by atoms with Crippen molar-refractivity contribution in [2.45, 2.75) is 26.3 Å². The Morgan fingerprint density at radius 1 is 1.33 bits per heavy atom. The second kappa shape index (κ2) is 4.23. The molecule has 1 aliphatic heterocycles. The first kappa shape index (κ1) is 10.5. The highest BCUT2D eigenvalue weighted by Gasteiger charge is 2.27. The van der Waals surface area contributed by atoms with Crippen LogP contribution in [0.5, 0.6) is 0 Å². The Morgan fingerprint density at radius 3 is 2.80 bits per heavy atom. The first-order chi connectivity index (χ1) is 7.24. The third kappa shape index (κ3) is 1.86. The Kier molecular flexibility index (Phi) is 2.96. The Bertz CT molecular complexity index is 337. The molecule has 2 rings (SSSR count). The second-order valence-electron chi connectivity index (χ2n) is 4.47. The van der Waals surface area contributed by atoms with Crippen LogP contribution in [0, 0.1) is 5.92 Å². The van der Waals surface area contributed by atoms with Crippen molar-refractivity contribution in [2.24, 2.45) is 5.92 Å². The first-order valence-corrected chi connectivity index (χ1v) is 5.69. The number of rotatable bonds is 2. The van der Waals surface area contributed by atoms with Crippen molar-refractivity contribution < 1.29 is 5.11 Å². The van der Waals surface area contributed by atoms with E-state index in [0.29, 0.717) is 12.0 Å². The van der Waals surface area contributed by atoms with Crippen LogP contribution in [0.2, 0.25) is 0 Å². The molecule has 2 heteroatoms. The van der Waals surface area contributed by atoms with E-state index in [1.165, 1.54) is 11.3 Å². The summed E-state index contributed by atoms with van der Waals surface area (Å²) in [5, 5.41) is 9.11. The summed E-state index contributed by atoms with van der Waals surface area (Å²) in [4.78, 5) is 2.32. The summed E-state index contributed by atoms with van der Waals surface area (Å²) in [5.74, 6) is 0.659. The van der Waals surface area contributed by atoms with Crippen molar-refractivity contribution in [1.29, 1.82) is 0 Å². The number of fused-ring (bicyclic) bond motifs is 1. The quantitative estimate of drug-likeness (QED) is 0.799. The Labute approximate surface area is 91.5 Å². The maximum atomic E-state index is 9.11. The Morgan fingerprint density at radius 2 is 2.07 bits per heavy atom. The summed E-state index contributed by atoms with van der Waals surface area (Å²) in [6, 6.07) is 9.05. The van der Waals surface area contributed by atoms with Crippen LogP contribution in [0.1, 0.15) is 19.4 Å². The topological polar surface area (TPSA) is 23.5 Å². The van der Waals surface area contributed by atoms with Gasteiger partial charge in [-0.05, 0) is 30.9 Å². The Hall–Kier alpha value is -1.02. The highest BCUT2D eigenvalue weighted by Crippen LogP contribution is 2.32. The summed E-state index contributed by atoms with van der Waals surface area (Å²) >= 11 is 0. The normalized spacial score (nSPS) is 25.1. The number of anilines is 1. The van der Waals surface area contributed by atoms with E-state index < -0.39 is 0 Å². The zero-order chi connectivity index (χ0) is 10.8. The summed E-state index contributed by atoms with van der Waals surface area (Å²) in [6.07, 6.45) is 1.15. The van der Waals surface area contributed by atoms with Gasteiger partial charge in [0.25, 0.3) is 0 Å². The van der Waals surface area contributed by atoms with Gasteiger partial charge in [-0.2, -0.15) is 0 Å². The predicted octanol–water partition coefficient (Wildman–Crippen LogP) is 2.07. The minimum absolute atomic E-state index is 0.228. The van der Waals surface area contributed by atoms with Gasteiger partial charge in [-0.15, -0.1) is 0 Å². The van der Waals surface area contributed by atoms with E-state index in [1.807, 2.05) is 0 Å². The maximum Gasteiger partial charge on any atom is 0.0606 e. The number of β-amino-alcohol motifs (C(OH)–C–C–N with tert-alkyl or cyclic N) is 1. The summed E-state index contributed by atoms with van der Waals surface area (Å²) in [6.45, 7) is 5.50. The largest absolute Gasteiger partial charge is 0.395 e. The van der Waals surface area contributed by atoms with Gasteiger partial charge in [0.15, 0.2) is 0 Å². The maximum absolute atomic E-state index is 9.11. The lowest BCUT2D eigenvalue weighted by Gasteiger charge is -2.40. The molecule has 0 aliphatic carbocycles. The molecule has 1 heterocycles. The summed E-state index contributed by atoms with van der Waals surface area (Å²) < 4.78 is 0. The van der Waals surface area contributed by atoms with Crippen molar-refractivity contribution >= 4 is 5.69 Å². The third-order valence-electron chi connectivity index (χ3n) is 3.50. The van der Waals surface area contributed by atoms with E-state index in [1.54, 1.807) is 0 Å². The molecule has 0 bridgehead atoms. The van der Waals surface area contributed by atoms with Crippen molar-refractivity contribution in [3.05, 3.63) is 29.8 Å². The molecule has 0 spiro atoms. The fourth-order valence-electron chi connectivity index (χ4n) is 2.44. The van der Waals surface area contributed by atoms with E-state index in [2.05, 4.69) is 43.0 Å². The van der Waals surface area contributed by atoms with Gasteiger partial charge in [-0.1, -0.05) is 25.1 Å².